The number of ether oxygens (including phenoxy) is 2. The smallest absolute Gasteiger partial charge is 0.136 e. The summed E-state index contributed by atoms with van der Waals surface area (Å²) >= 11 is 0. The van der Waals surface area contributed by atoms with Gasteiger partial charge in [-0.15, -0.1) is 0 Å². The fourth-order valence-corrected chi connectivity index (χ4v) is 2.43. The maximum absolute atomic E-state index is 5.66. The minimum absolute atomic E-state index is 0.0973. The number of nitrogens with zero attached hydrogens (tertiary/aromatic N) is 2. The highest BCUT2D eigenvalue weighted by Gasteiger charge is 2.28. The van der Waals surface area contributed by atoms with Gasteiger partial charge in [0.1, 0.15) is 17.5 Å². The van der Waals surface area contributed by atoms with Crippen molar-refractivity contribution in [1.29, 1.82) is 0 Å². The third kappa shape index (κ3) is 3.63. The maximum atomic E-state index is 5.66. The lowest BCUT2D eigenvalue weighted by molar-refractivity contribution is -0.0819. The Balaban J connectivity index is 1.72. The van der Waals surface area contributed by atoms with E-state index in [0.29, 0.717) is 32.3 Å². The van der Waals surface area contributed by atoms with Gasteiger partial charge in [0.2, 0.25) is 0 Å². The first-order valence-electron chi connectivity index (χ1n) is 7.83. The predicted octanol–water partition coefficient (Wildman–Crippen LogP) is 1.92. The van der Waals surface area contributed by atoms with Gasteiger partial charge in [0.05, 0.1) is 25.9 Å². The Hall–Kier alpha value is -1.40. The minimum atomic E-state index is 0.0973. The summed E-state index contributed by atoms with van der Waals surface area (Å²) < 4.78 is 11.1. The van der Waals surface area contributed by atoms with Crippen molar-refractivity contribution in [2.45, 2.75) is 38.7 Å². The molecule has 2 N–H and O–H groups in total. The molecule has 1 saturated carbocycles. The van der Waals surface area contributed by atoms with Gasteiger partial charge in [0, 0.05) is 24.6 Å². The number of hydrogen-bond acceptors (Lipinski definition) is 6. The molecule has 1 unspecified atom stereocenters. The number of nitrogens with one attached hydrogen (secondary N) is 2. The van der Waals surface area contributed by atoms with Gasteiger partial charge in [-0.25, -0.2) is 9.97 Å². The number of anilines is 2. The van der Waals surface area contributed by atoms with Crippen LogP contribution < -0.4 is 10.6 Å². The summed E-state index contributed by atoms with van der Waals surface area (Å²) in [5.41, 5.74) is 1.07. The molecule has 116 valence electrons. The monoisotopic (exact) mass is 292 g/mol. The Morgan fingerprint density at radius 2 is 1.90 bits per heavy atom. The largest absolute Gasteiger partial charge is 0.376 e. The van der Waals surface area contributed by atoms with Gasteiger partial charge in [-0.3, -0.25) is 0 Å². The molecule has 0 aromatic carbocycles. The summed E-state index contributed by atoms with van der Waals surface area (Å²) in [6, 6.07) is 0. The molecule has 2 heterocycles. The van der Waals surface area contributed by atoms with Crippen LogP contribution in [0.5, 0.6) is 0 Å². The van der Waals surface area contributed by atoms with Gasteiger partial charge in [-0.1, -0.05) is 0 Å². The highest BCUT2D eigenvalue weighted by atomic mass is 16.6. The van der Waals surface area contributed by atoms with Gasteiger partial charge in [0.15, 0.2) is 0 Å². The van der Waals surface area contributed by atoms with Crippen LogP contribution in [0, 0.1) is 6.92 Å². The van der Waals surface area contributed by atoms with Gasteiger partial charge < -0.3 is 20.1 Å². The molecule has 2 aliphatic rings. The van der Waals surface area contributed by atoms with Crippen LogP contribution in [0.2, 0.25) is 0 Å². The fraction of sp³-hybridized carbons (Fsp3) is 0.733. The molecule has 1 aliphatic heterocycles. The highest BCUT2D eigenvalue weighted by Crippen LogP contribution is 2.39. The van der Waals surface area contributed by atoms with Crippen LogP contribution in [0.3, 0.4) is 0 Å². The molecule has 0 spiro atoms. The van der Waals surface area contributed by atoms with Crippen molar-refractivity contribution in [2.24, 2.45) is 0 Å². The van der Waals surface area contributed by atoms with E-state index in [1.54, 1.807) is 0 Å². The van der Waals surface area contributed by atoms with Crippen LogP contribution in [-0.2, 0) is 9.47 Å². The number of rotatable bonds is 6. The van der Waals surface area contributed by atoms with E-state index >= 15 is 0 Å². The van der Waals surface area contributed by atoms with Crippen LogP contribution in [0.15, 0.2) is 0 Å². The zero-order valence-electron chi connectivity index (χ0n) is 12.8. The first kappa shape index (κ1) is 14.5. The molecule has 3 rings (SSSR count). The molecule has 0 amide bonds. The van der Waals surface area contributed by atoms with E-state index in [0.717, 1.165) is 29.6 Å². The lowest BCUT2D eigenvalue weighted by atomic mass is 10.2. The van der Waals surface area contributed by atoms with E-state index in [1.165, 1.54) is 12.8 Å². The van der Waals surface area contributed by atoms with Crippen molar-refractivity contribution in [3.05, 3.63) is 11.4 Å². The quantitative estimate of drug-likeness (QED) is 0.835. The molecular formula is C15H24N4O2. The van der Waals surface area contributed by atoms with Crippen molar-refractivity contribution in [2.75, 3.05) is 43.5 Å². The molecule has 1 aromatic heterocycles. The SMILES string of the molecule is CCNc1nc(C2CC2)nc(NCC2COCCO2)c1C. The van der Waals surface area contributed by atoms with Crippen LogP contribution in [-0.4, -0.2) is 49.0 Å². The maximum Gasteiger partial charge on any atom is 0.136 e. The molecule has 21 heavy (non-hydrogen) atoms. The average molecular weight is 292 g/mol. The first-order chi connectivity index (χ1) is 10.3. The van der Waals surface area contributed by atoms with Crippen LogP contribution in [0.1, 0.15) is 37.1 Å². The van der Waals surface area contributed by atoms with Crippen LogP contribution in [0.4, 0.5) is 11.6 Å². The molecule has 1 aromatic rings. The summed E-state index contributed by atoms with van der Waals surface area (Å²) in [6.45, 7) is 7.72. The van der Waals surface area contributed by atoms with E-state index in [4.69, 9.17) is 14.5 Å². The third-order valence-electron chi connectivity index (χ3n) is 3.83. The van der Waals surface area contributed by atoms with Crippen LogP contribution in [0.25, 0.3) is 0 Å². The Morgan fingerprint density at radius 3 is 2.52 bits per heavy atom. The minimum Gasteiger partial charge on any atom is -0.376 e. The molecule has 1 saturated heterocycles. The van der Waals surface area contributed by atoms with Crippen molar-refractivity contribution < 1.29 is 9.47 Å². The molecular weight excluding hydrogens is 268 g/mol. The topological polar surface area (TPSA) is 68.3 Å². The van der Waals surface area contributed by atoms with Crippen molar-refractivity contribution >= 4 is 11.6 Å². The van der Waals surface area contributed by atoms with Crippen molar-refractivity contribution in [3.8, 4) is 0 Å². The molecule has 0 radical (unpaired) electrons. The van der Waals surface area contributed by atoms with Gasteiger partial charge >= 0.3 is 0 Å². The lowest BCUT2D eigenvalue weighted by Gasteiger charge is -2.24. The second kappa shape index (κ2) is 6.58. The number of aromatic nitrogens is 2. The Kier molecular flexibility index (Phi) is 4.55. The van der Waals surface area contributed by atoms with Crippen molar-refractivity contribution in [1.82, 2.24) is 9.97 Å². The van der Waals surface area contributed by atoms with E-state index < -0.39 is 0 Å². The Labute approximate surface area is 125 Å². The summed E-state index contributed by atoms with van der Waals surface area (Å²) in [5.74, 6) is 3.35. The van der Waals surface area contributed by atoms with Crippen LogP contribution >= 0.6 is 0 Å². The summed E-state index contributed by atoms with van der Waals surface area (Å²) in [5, 5.41) is 6.74. The fourth-order valence-electron chi connectivity index (χ4n) is 2.43. The first-order valence-corrected chi connectivity index (χ1v) is 7.83. The Bertz CT molecular complexity index is 485. The van der Waals surface area contributed by atoms with Gasteiger partial charge in [-0.05, 0) is 26.7 Å². The molecule has 1 atom stereocenters. The molecule has 1 aliphatic carbocycles. The molecule has 6 nitrogen and oxygen atoms in total. The molecule has 0 bridgehead atoms. The van der Waals surface area contributed by atoms with Gasteiger partial charge in [0.25, 0.3) is 0 Å². The van der Waals surface area contributed by atoms with Crippen molar-refractivity contribution in [3.63, 3.8) is 0 Å². The third-order valence-corrected chi connectivity index (χ3v) is 3.83. The van der Waals surface area contributed by atoms with E-state index in [-0.39, 0.29) is 6.10 Å². The average Bonchev–Trinajstić information content (AvgIpc) is 3.34. The van der Waals surface area contributed by atoms with E-state index in [9.17, 15) is 0 Å². The second-order valence-corrected chi connectivity index (χ2v) is 5.66. The second-order valence-electron chi connectivity index (χ2n) is 5.66. The van der Waals surface area contributed by atoms with E-state index in [2.05, 4.69) is 29.5 Å². The molecule has 2 fully saturated rings. The predicted molar refractivity (Wildman–Crippen MR) is 82.0 cm³/mol. The number of hydrogen-bond donors (Lipinski definition) is 2. The van der Waals surface area contributed by atoms with Gasteiger partial charge in [-0.2, -0.15) is 0 Å². The Morgan fingerprint density at radius 1 is 1.14 bits per heavy atom. The summed E-state index contributed by atoms with van der Waals surface area (Å²) in [4.78, 5) is 9.36. The lowest BCUT2D eigenvalue weighted by Crippen LogP contribution is -2.34. The zero-order valence-corrected chi connectivity index (χ0v) is 12.8. The summed E-state index contributed by atoms with van der Waals surface area (Å²) in [7, 11) is 0. The van der Waals surface area contributed by atoms with E-state index in [1.807, 2.05) is 0 Å². The standard InChI is InChI=1S/C15H24N4O2/c1-3-16-13-10(2)14(19-15(18-13)11-4-5-11)17-8-12-9-20-6-7-21-12/h11-12H,3-9H2,1-2H3,(H2,16,17,18,19). The zero-order chi connectivity index (χ0) is 14.7. The summed E-state index contributed by atoms with van der Waals surface area (Å²) in [6.07, 6.45) is 2.50. The normalized spacial score (nSPS) is 22.1. The highest BCUT2D eigenvalue weighted by molar-refractivity contribution is 5.57. The molecule has 6 heteroatoms.